The van der Waals surface area contributed by atoms with Gasteiger partial charge in [-0.3, -0.25) is 4.79 Å². The average molecular weight is 253 g/mol. The molecule has 0 saturated heterocycles. The second-order valence-electron chi connectivity index (χ2n) is 3.30. The van der Waals surface area contributed by atoms with Crippen molar-refractivity contribution in [2.75, 3.05) is 13.1 Å². The quantitative estimate of drug-likeness (QED) is 0.659. The van der Waals surface area contributed by atoms with E-state index in [-0.39, 0.29) is 5.56 Å². The van der Waals surface area contributed by atoms with Crippen LogP contribution in [0.5, 0.6) is 0 Å². The summed E-state index contributed by atoms with van der Waals surface area (Å²) in [7, 11) is 0. The van der Waals surface area contributed by atoms with E-state index in [9.17, 15) is 26.7 Å². The van der Waals surface area contributed by atoms with Crippen molar-refractivity contribution in [2.24, 2.45) is 0 Å². The van der Waals surface area contributed by atoms with E-state index in [1.54, 1.807) is 0 Å². The Hall–Kier alpha value is -1.50. The van der Waals surface area contributed by atoms with E-state index in [0.29, 0.717) is 6.07 Å². The van der Waals surface area contributed by atoms with E-state index in [0.717, 1.165) is 12.1 Å². The van der Waals surface area contributed by atoms with Crippen LogP contribution >= 0.6 is 0 Å². The molecule has 1 rings (SSSR count). The van der Waals surface area contributed by atoms with Crippen molar-refractivity contribution < 1.29 is 26.7 Å². The van der Waals surface area contributed by atoms with Crippen molar-refractivity contribution in [3.8, 4) is 0 Å². The van der Waals surface area contributed by atoms with Gasteiger partial charge in [0.15, 0.2) is 5.78 Å². The maximum Gasteiger partial charge on any atom is 0.401 e. The summed E-state index contributed by atoms with van der Waals surface area (Å²) < 4.78 is 60.6. The van der Waals surface area contributed by atoms with Crippen LogP contribution in [0.4, 0.5) is 22.0 Å². The zero-order valence-corrected chi connectivity index (χ0v) is 8.44. The lowest BCUT2D eigenvalue weighted by Gasteiger charge is -2.07. The third kappa shape index (κ3) is 4.90. The number of hydrogen-bond acceptors (Lipinski definition) is 2. The maximum absolute atomic E-state index is 12.7. The summed E-state index contributed by atoms with van der Waals surface area (Å²) in [5.41, 5.74) is -0.308. The first-order valence-electron chi connectivity index (χ1n) is 4.55. The van der Waals surface area contributed by atoms with Gasteiger partial charge >= 0.3 is 6.18 Å². The third-order valence-electron chi connectivity index (χ3n) is 1.80. The maximum atomic E-state index is 12.7. The lowest BCUT2D eigenvalue weighted by atomic mass is 10.1. The van der Waals surface area contributed by atoms with Gasteiger partial charge in [-0.2, -0.15) is 13.2 Å². The van der Waals surface area contributed by atoms with Crippen molar-refractivity contribution in [1.29, 1.82) is 0 Å². The molecule has 17 heavy (non-hydrogen) atoms. The number of carbonyl (C=O) groups excluding carboxylic acids is 1. The first kappa shape index (κ1) is 13.6. The van der Waals surface area contributed by atoms with E-state index in [2.05, 4.69) is 0 Å². The highest BCUT2D eigenvalue weighted by molar-refractivity contribution is 5.97. The number of carbonyl (C=O) groups is 1. The minimum Gasteiger partial charge on any atom is -0.302 e. The van der Waals surface area contributed by atoms with Crippen molar-refractivity contribution in [1.82, 2.24) is 5.32 Å². The Bertz CT molecular complexity index is 395. The fourth-order valence-corrected chi connectivity index (χ4v) is 1.13. The highest BCUT2D eigenvalue weighted by atomic mass is 19.4. The van der Waals surface area contributed by atoms with Crippen molar-refractivity contribution in [2.45, 2.75) is 6.18 Å². The molecule has 0 heterocycles. The Balaban J connectivity index is 2.58. The van der Waals surface area contributed by atoms with Crippen molar-refractivity contribution in [3.63, 3.8) is 0 Å². The molecule has 0 atom stereocenters. The van der Waals surface area contributed by atoms with Crippen LogP contribution in [0.1, 0.15) is 10.4 Å². The summed E-state index contributed by atoms with van der Waals surface area (Å²) in [5.74, 6) is -2.72. The Morgan fingerprint density at radius 1 is 1.12 bits per heavy atom. The van der Waals surface area contributed by atoms with Gasteiger partial charge in [0, 0.05) is 11.6 Å². The number of alkyl halides is 3. The highest BCUT2D eigenvalue weighted by Crippen LogP contribution is 2.12. The van der Waals surface area contributed by atoms with Crippen LogP contribution < -0.4 is 5.32 Å². The number of hydrogen-bond donors (Lipinski definition) is 1. The zero-order chi connectivity index (χ0) is 13.1. The molecule has 2 nitrogen and oxygen atoms in total. The van der Waals surface area contributed by atoms with Gasteiger partial charge in [0.2, 0.25) is 0 Å². The second kappa shape index (κ2) is 5.22. The topological polar surface area (TPSA) is 29.1 Å². The number of rotatable bonds is 4. The van der Waals surface area contributed by atoms with E-state index in [1.807, 2.05) is 5.32 Å². The molecule has 0 spiro atoms. The van der Waals surface area contributed by atoms with Crippen LogP contribution in [-0.2, 0) is 0 Å². The molecule has 0 aliphatic heterocycles. The van der Waals surface area contributed by atoms with Gasteiger partial charge in [-0.1, -0.05) is 0 Å². The van der Waals surface area contributed by atoms with Crippen LogP contribution in [0.2, 0.25) is 0 Å². The van der Waals surface area contributed by atoms with Gasteiger partial charge < -0.3 is 5.32 Å². The number of halogens is 5. The minimum absolute atomic E-state index is 0.308. The molecule has 0 fully saturated rings. The summed E-state index contributed by atoms with van der Waals surface area (Å²) in [6, 6.07) is 2.10. The standard InChI is InChI=1S/C10H8F5NO/c11-7-1-6(2-8(12)3-7)9(17)4-16-5-10(13,14)15/h1-3,16H,4-5H2. The molecular formula is C10H8F5NO. The lowest BCUT2D eigenvalue weighted by Crippen LogP contribution is -2.32. The molecule has 1 aromatic carbocycles. The fourth-order valence-electron chi connectivity index (χ4n) is 1.13. The monoisotopic (exact) mass is 253 g/mol. The number of Topliss-reactive ketones (excluding diaryl/α,β-unsaturated/α-hetero) is 1. The molecule has 0 unspecified atom stereocenters. The Kier molecular flexibility index (Phi) is 4.17. The number of nitrogens with one attached hydrogen (secondary N) is 1. The van der Waals surface area contributed by atoms with Crippen LogP contribution in [0.3, 0.4) is 0 Å². The zero-order valence-electron chi connectivity index (χ0n) is 8.44. The molecule has 1 N–H and O–H groups in total. The Morgan fingerprint density at radius 3 is 2.12 bits per heavy atom. The first-order valence-corrected chi connectivity index (χ1v) is 4.55. The second-order valence-corrected chi connectivity index (χ2v) is 3.30. The van der Waals surface area contributed by atoms with Gasteiger partial charge in [0.05, 0.1) is 13.1 Å². The average Bonchev–Trinajstić information content (AvgIpc) is 2.13. The van der Waals surface area contributed by atoms with E-state index < -0.39 is 36.7 Å². The van der Waals surface area contributed by atoms with Crippen molar-refractivity contribution >= 4 is 5.78 Å². The number of benzene rings is 1. The van der Waals surface area contributed by atoms with Gasteiger partial charge in [-0.05, 0) is 12.1 Å². The molecule has 0 radical (unpaired) electrons. The first-order chi connectivity index (χ1) is 7.78. The summed E-state index contributed by atoms with van der Waals surface area (Å²) in [5, 5.41) is 1.84. The smallest absolute Gasteiger partial charge is 0.302 e. The Labute approximate surface area is 93.4 Å². The summed E-state index contributed by atoms with van der Waals surface area (Å²) in [4.78, 5) is 11.3. The van der Waals surface area contributed by atoms with E-state index in [1.165, 1.54) is 0 Å². The molecule has 94 valence electrons. The van der Waals surface area contributed by atoms with Gasteiger partial charge in [-0.25, -0.2) is 8.78 Å². The summed E-state index contributed by atoms with van der Waals surface area (Å²) in [6.45, 7) is -1.97. The molecule has 7 heteroatoms. The molecular weight excluding hydrogens is 245 g/mol. The molecule has 0 saturated carbocycles. The van der Waals surface area contributed by atoms with E-state index >= 15 is 0 Å². The largest absolute Gasteiger partial charge is 0.401 e. The lowest BCUT2D eigenvalue weighted by molar-refractivity contribution is -0.124. The van der Waals surface area contributed by atoms with Crippen LogP contribution in [0.25, 0.3) is 0 Å². The molecule has 0 aromatic heterocycles. The van der Waals surface area contributed by atoms with Crippen molar-refractivity contribution in [3.05, 3.63) is 35.4 Å². The minimum atomic E-state index is -4.44. The normalized spacial score (nSPS) is 11.6. The molecule has 0 bridgehead atoms. The van der Waals surface area contributed by atoms with Crippen LogP contribution in [0.15, 0.2) is 18.2 Å². The van der Waals surface area contributed by atoms with Gasteiger partial charge in [-0.15, -0.1) is 0 Å². The van der Waals surface area contributed by atoms with E-state index in [4.69, 9.17) is 0 Å². The summed E-state index contributed by atoms with van der Waals surface area (Å²) >= 11 is 0. The summed E-state index contributed by atoms with van der Waals surface area (Å²) in [6.07, 6.45) is -4.44. The fraction of sp³-hybridized carbons (Fsp3) is 0.300. The predicted molar refractivity (Wildman–Crippen MR) is 49.6 cm³/mol. The van der Waals surface area contributed by atoms with Crippen LogP contribution in [0, 0.1) is 11.6 Å². The molecule has 0 aliphatic rings. The molecule has 0 aliphatic carbocycles. The third-order valence-corrected chi connectivity index (χ3v) is 1.80. The highest BCUT2D eigenvalue weighted by Gasteiger charge is 2.26. The van der Waals surface area contributed by atoms with Gasteiger partial charge in [0.25, 0.3) is 0 Å². The predicted octanol–water partition coefficient (Wildman–Crippen LogP) is 2.30. The Morgan fingerprint density at radius 2 is 1.65 bits per heavy atom. The van der Waals surface area contributed by atoms with Gasteiger partial charge in [0.1, 0.15) is 11.6 Å². The SMILES string of the molecule is O=C(CNCC(F)(F)F)c1cc(F)cc(F)c1. The number of ketones is 1. The van der Waals surface area contributed by atoms with Crippen LogP contribution in [-0.4, -0.2) is 25.0 Å². The molecule has 1 aromatic rings. The molecule has 0 amide bonds.